The molecule has 2 atom stereocenters. The summed E-state index contributed by atoms with van der Waals surface area (Å²) in [5.41, 5.74) is 0.877. The standard InChI is InChI=1S/C18H23N3O4/c1-12(11-25-2)19-15(22)10-21-16(23)18(20-17(21)24)9-5-7-13-6-3-4-8-14(13)18/h3-4,6,8,12H,5,7,9-11H2,1-2H3,(H,19,22)(H,20,24)/t12-,18-/m0/s1. The summed E-state index contributed by atoms with van der Waals surface area (Å²) in [7, 11) is 1.55. The predicted molar refractivity (Wildman–Crippen MR) is 90.8 cm³/mol. The monoisotopic (exact) mass is 345 g/mol. The van der Waals surface area contributed by atoms with Gasteiger partial charge in [0.2, 0.25) is 5.91 Å². The second-order valence-corrected chi connectivity index (χ2v) is 6.66. The Hall–Kier alpha value is -2.41. The van der Waals surface area contributed by atoms with Crippen LogP contribution in [0.5, 0.6) is 0 Å². The first-order chi connectivity index (χ1) is 12.0. The predicted octanol–water partition coefficient (Wildman–Crippen LogP) is 0.921. The van der Waals surface area contributed by atoms with Gasteiger partial charge in [-0.05, 0) is 37.3 Å². The van der Waals surface area contributed by atoms with Gasteiger partial charge >= 0.3 is 6.03 Å². The summed E-state index contributed by atoms with van der Waals surface area (Å²) in [5, 5.41) is 5.56. The number of fused-ring (bicyclic) bond motifs is 2. The Morgan fingerprint density at radius 2 is 2.16 bits per heavy atom. The maximum absolute atomic E-state index is 13.0. The third kappa shape index (κ3) is 3.11. The summed E-state index contributed by atoms with van der Waals surface area (Å²) in [6.45, 7) is 1.87. The van der Waals surface area contributed by atoms with Crippen LogP contribution < -0.4 is 10.6 Å². The van der Waals surface area contributed by atoms with E-state index in [1.165, 1.54) is 0 Å². The Labute approximate surface area is 146 Å². The molecule has 0 radical (unpaired) electrons. The van der Waals surface area contributed by atoms with Crippen LogP contribution in [0, 0.1) is 0 Å². The van der Waals surface area contributed by atoms with Gasteiger partial charge in [0, 0.05) is 13.2 Å². The molecule has 1 fully saturated rings. The van der Waals surface area contributed by atoms with E-state index in [0.717, 1.165) is 28.9 Å². The number of imide groups is 1. The van der Waals surface area contributed by atoms with Crippen molar-refractivity contribution in [2.24, 2.45) is 0 Å². The van der Waals surface area contributed by atoms with Crippen molar-refractivity contribution in [3.05, 3.63) is 35.4 Å². The summed E-state index contributed by atoms with van der Waals surface area (Å²) in [6, 6.07) is 6.96. The van der Waals surface area contributed by atoms with Crippen LogP contribution in [0.15, 0.2) is 24.3 Å². The molecule has 0 unspecified atom stereocenters. The Morgan fingerprint density at radius 1 is 1.40 bits per heavy atom. The number of methoxy groups -OCH3 is 1. The lowest BCUT2D eigenvalue weighted by Gasteiger charge is -2.33. The van der Waals surface area contributed by atoms with E-state index < -0.39 is 11.6 Å². The van der Waals surface area contributed by atoms with Gasteiger partial charge in [-0.1, -0.05) is 24.3 Å². The summed E-state index contributed by atoms with van der Waals surface area (Å²) >= 11 is 0. The average molecular weight is 345 g/mol. The fraction of sp³-hybridized carbons (Fsp3) is 0.500. The Balaban J connectivity index is 1.79. The number of rotatable bonds is 5. The Bertz CT molecular complexity index is 705. The molecular weight excluding hydrogens is 322 g/mol. The molecule has 1 heterocycles. The summed E-state index contributed by atoms with van der Waals surface area (Å²) < 4.78 is 4.97. The summed E-state index contributed by atoms with van der Waals surface area (Å²) in [5.74, 6) is -0.728. The molecule has 1 aliphatic carbocycles. The number of aryl methyl sites for hydroxylation is 1. The molecule has 0 aromatic heterocycles. The van der Waals surface area contributed by atoms with E-state index in [0.29, 0.717) is 13.0 Å². The highest BCUT2D eigenvalue weighted by molar-refractivity contribution is 6.09. The highest BCUT2D eigenvalue weighted by Crippen LogP contribution is 2.39. The minimum Gasteiger partial charge on any atom is -0.383 e. The molecular formula is C18H23N3O4. The number of hydrogen-bond acceptors (Lipinski definition) is 4. The smallest absolute Gasteiger partial charge is 0.325 e. The second kappa shape index (κ2) is 6.84. The number of nitrogens with one attached hydrogen (secondary N) is 2. The molecule has 1 aromatic rings. The van der Waals surface area contributed by atoms with Crippen LogP contribution in [-0.4, -0.2) is 49.0 Å². The van der Waals surface area contributed by atoms with Gasteiger partial charge in [-0.2, -0.15) is 0 Å². The number of urea groups is 1. The van der Waals surface area contributed by atoms with Crippen LogP contribution >= 0.6 is 0 Å². The van der Waals surface area contributed by atoms with Crippen molar-refractivity contribution >= 4 is 17.8 Å². The van der Waals surface area contributed by atoms with Gasteiger partial charge in [-0.3, -0.25) is 14.5 Å². The molecule has 0 saturated carbocycles. The van der Waals surface area contributed by atoms with E-state index in [-0.39, 0.29) is 24.4 Å². The molecule has 7 nitrogen and oxygen atoms in total. The van der Waals surface area contributed by atoms with E-state index in [9.17, 15) is 14.4 Å². The molecule has 1 spiro atoms. The average Bonchev–Trinajstić information content (AvgIpc) is 2.80. The van der Waals surface area contributed by atoms with Crippen molar-refractivity contribution in [3.8, 4) is 0 Å². The molecule has 2 N–H and O–H groups in total. The van der Waals surface area contributed by atoms with Crippen LogP contribution in [-0.2, 0) is 26.3 Å². The van der Waals surface area contributed by atoms with Crippen LogP contribution in [0.4, 0.5) is 4.79 Å². The quantitative estimate of drug-likeness (QED) is 0.777. The zero-order valence-electron chi connectivity index (χ0n) is 14.5. The van der Waals surface area contributed by atoms with Gasteiger partial charge in [0.25, 0.3) is 5.91 Å². The van der Waals surface area contributed by atoms with Crippen molar-refractivity contribution < 1.29 is 19.1 Å². The fourth-order valence-electron chi connectivity index (χ4n) is 3.71. The lowest BCUT2D eigenvalue weighted by atomic mass is 9.76. The topological polar surface area (TPSA) is 87.7 Å². The third-order valence-electron chi connectivity index (χ3n) is 4.78. The molecule has 1 aromatic carbocycles. The minimum atomic E-state index is -1.04. The number of ether oxygens (including phenoxy) is 1. The summed E-state index contributed by atoms with van der Waals surface area (Å²) in [6.07, 6.45) is 2.25. The van der Waals surface area contributed by atoms with Gasteiger partial charge < -0.3 is 15.4 Å². The maximum atomic E-state index is 13.0. The fourth-order valence-corrected chi connectivity index (χ4v) is 3.71. The molecule has 1 aliphatic heterocycles. The highest BCUT2D eigenvalue weighted by atomic mass is 16.5. The molecule has 4 amide bonds. The molecule has 3 rings (SSSR count). The van der Waals surface area contributed by atoms with E-state index in [2.05, 4.69) is 10.6 Å². The largest absolute Gasteiger partial charge is 0.383 e. The Kier molecular flexibility index (Phi) is 4.76. The van der Waals surface area contributed by atoms with Crippen LogP contribution in [0.3, 0.4) is 0 Å². The lowest BCUT2D eigenvalue weighted by Crippen LogP contribution is -2.48. The van der Waals surface area contributed by atoms with Crippen molar-refractivity contribution in [3.63, 3.8) is 0 Å². The zero-order chi connectivity index (χ0) is 18.0. The first-order valence-corrected chi connectivity index (χ1v) is 8.49. The summed E-state index contributed by atoms with van der Waals surface area (Å²) in [4.78, 5) is 38.6. The van der Waals surface area contributed by atoms with Gasteiger partial charge in [0.15, 0.2) is 0 Å². The molecule has 1 saturated heterocycles. The van der Waals surface area contributed by atoms with Crippen LogP contribution in [0.1, 0.15) is 30.9 Å². The van der Waals surface area contributed by atoms with E-state index in [4.69, 9.17) is 4.74 Å². The molecule has 7 heteroatoms. The van der Waals surface area contributed by atoms with Gasteiger partial charge in [0.05, 0.1) is 6.61 Å². The van der Waals surface area contributed by atoms with E-state index >= 15 is 0 Å². The van der Waals surface area contributed by atoms with Crippen molar-refractivity contribution in [2.75, 3.05) is 20.3 Å². The molecule has 2 aliphatic rings. The van der Waals surface area contributed by atoms with E-state index in [1.54, 1.807) is 14.0 Å². The van der Waals surface area contributed by atoms with Gasteiger partial charge in [-0.15, -0.1) is 0 Å². The highest BCUT2D eigenvalue weighted by Gasteiger charge is 2.54. The molecule has 134 valence electrons. The minimum absolute atomic E-state index is 0.192. The normalized spacial score (nSPS) is 23.4. The Morgan fingerprint density at radius 3 is 2.92 bits per heavy atom. The number of hydrogen-bond donors (Lipinski definition) is 2. The van der Waals surface area contributed by atoms with Crippen molar-refractivity contribution in [1.29, 1.82) is 0 Å². The van der Waals surface area contributed by atoms with Gasteiger partial charge in [0.1, 0.15) is 12.1 Å². The SMILES string of the molecule is COC[C@H](C)NC(=O)CN1C(=O)N[C@]2(CCCc3ccccc32)C1=O. The van der Waals surface area contributed by atoms with Crippen LogP contribution in [0.2, 0.25) is 0 Å². The molecule has 0 bridgehead atoms. The van der Waals surface area contributed by atoms with Crippen LogP contribution in [0.25, 0.3) is 0 Å². The van der Waals surface area contributed by atoms with E-state index in [1.807, 2.05) is 24.3 Å². The zero-order valence-corrected chi connectivity index (χ0v) is 14.5. The number of benzene rings is 1. The second-order valence-electron chi connectivity index (χ2n) is 6.66. The maximum Gasteiger partial charge on any atom is 0.325 e. The number of amides is 4. The van der Waals surface area contributed by atoms with Crippen molar-refractivity contribution in [2.45, 2.75) is 37.8 Å². The van der Waals surface area contributed by atoms with Crippen molar-refractivity contribution in [1.82, 2.24) is 15.5 Å². The third-order valence-corrected chi connectivity index (χ3v) is 4.78. The lowest BCUT2D eigenvalue weighted by molar-refractivity contribution is -0.135. The van der Waals surface area contributed by atoms with Gasteiger partial charge in [-0.25, -0.2) is 4.79 Å². The number of nitrogens with zero attached hydrogens (tertiary/aromatic N) is 1. The first kappa shape index (κ1) is 17.4. The number of carbonyl (C=O) groups is 3. The first-order valence-electron chi connectivity index (χ1n) is 8.49. The molecule has 25 heavy (non-hydrogen) atoms. The number of carbonyl (C=O) groups excluding carboxylic acids is 3.